The van der Waals surface area contributed by atoms with Crippen LogP contribution in [0, 0.1) is 6.92 Å². The zero-order valence-corrected chi connectivity index (χ0v) is 23.9. The van der Waals surface area contributed by atoms with Crippen molar-refractivity contribution < 1.29 is 39.2 Å². The van der Waals surface area contributed by atoms with Crippen molar-refractivity contribution in [1.29, 1.82) is 0 Å². The molecule has 2 amide bonds. The first-order valence-electron chi connectivity index (χ1n) is 14.0. The van der Waals surface area contributed by atoms with Crippen LogP contribution in [0.5, 0.6) is 0 Å². The maximum Gasteiger partial charge on any atom is 0.336 e. The minimum atomic E-state index is -2.77. The van der Waals surface area contributed by atoms with Crippen molar-refractivity contribution in [3.63, 3.8) is 0 Å². The topological polar surface area (TPSA) is 178 Å². The van der Waals surface area contributed by atoms with E-state index in [2.05, 4.69) is 20.5 Å². The number of anilines is 1. The Kier molecular flexibility index (Phi) is 9.94. The molecule has 0 aliphatic carbocycles. The molecule has 1 aliphatic heterocycles. The first-order chi connectivity index (χ1) is 20.5. The number of hydrogen-bond acceptors (Lipinski definition) is 8. The van der Waals surface area contributed by atoms with Crippen LogP contribution >= 0.6 is 0 Å². The third-order valence-electron chi connectivity index (χ3n) is 7.55. The molecular weight excluding hydrogens is 556 g/mol. The fourth-order valence-electron chi connectivity index (χ4n) is 5.35. The molecule has 1 fully saturated rings. The molecular formula is C31H36N4O8. The summed E-state index contributed by atoms with van der Waals surface area (Å²) in [6, 6.07) is 18.4. The van der Waals surface area contributed by atoms with Crippen molar-refractivity contribution in [2.24, 2.45) is 0 Å². The number of piperidine rings is 1. The minimum absolute atomic E-state index is 0.340. The molecule has 1 aliphatic rings. The van der Waals surface area contributed by atoms with E-state index in [1.807, 2.05) is 67.6 Å². The first kappa shape index (κ1) is 31.4. The Bertz CT molecular complexity index is 1470. The molecule has 12 heteroatoms. The lowest BCUT2D eigenvalue weighted by Gasteiger charge is -2.42. The van der Waals surface area contributed by atoms with Gasteiger partial charge in [0.1, 0.15) is 5.60 Å². The fraction of sp³-hybridized carbons (Fsp3) is 0.387. The molecule has 43 heavy (non-hydrogen) atoms. The summed E-state index contributed by atoms with van der Waals surface area (Å²) in [4.78, 5) is 54.8. The number of aryl methyl sites for hydroxylation is 1. The van der Waals surface area contributed by atoms with Crippen LogP contribution < -0.4 is 10.6 Å². The number of nitrogens with zero attached hydrogens (tertiary/aromatic N) is 2. The summed E-state index contributed by atoms with van der Waals surface area (Å²) in [5.74, 6) is -4.33. The average molecular weight is 593 g/mol. The Morgan fingerprint density at radius 2 is 1.67 bits per heavy atom. The van der Waals surface area contributed by atoms with Crippen molar-refractivity contribution in [1.82, 2.24) is 15.2 Å². The van der Waals surface area contributed by atoms with Gasteiger partial charge in [-0.2, -0.15) is 0 Å². The number of amides is 2. The maximum absolute atomic E-state index is 12.9. The Labute approximate surface area is 248 Å². The van der Waals surface area contributed by atoms with E-state index >= 15 is 0 Å². The quantitative estimate of drug-likeness (QED) is 0.196. The molecule has 0 saturated carbocycles. The molecule has 0 spiro atoms. The second kappa shape index (κ2) is 13.6. The van der Waals surface area contributed by atoms with E-state index < -0.39 is 42.0 Å². The van der Waals surface area contributed by atoms with Gasteiger partial charge in [0.25, 0.3) is 0 Å². The highest BCUT2D eigenvalue weighted by Crippen LogP contribution is 2.32. The van der Waals surface area contributed by atoms with Crippen LogP contribution in [0.3, 0.4) is 0 Å². The molecule has 1 saturated heterocycles. The molecule has 228 valence electrons. The summed E-state index contributed by atoms with van der Waals surface area (Å²) < 4.78 is 5.85. The average Bonchev–Trinajstić information content (AvgIpc) is 2.94. The SMILES string of the molecule is Cc1cc(NC(=O)NCCN2CCC(Cc3ccccc3)(OC(=O)CC(O)(CC(=O)O)C(=O)O)CC2)c2ccccc2n1. The standard InChI is InChI=1S/C31H36N4O8/c1-21-17-25(23-9-5-6-10-24(23)33-21)34-29(41)32-13-16-35-14-11-30(12-15-35,18-22-7-3-2-4-8-22)43-27(38)20-31(42,28(39)40)19-26(36)37/h2-10,17,42H,11-16,18-20H2,1H3,(H,36,37)(H,39,40)(H2,32,33,34,41). The highest BCUT2D eigenvalue weighted by molar-refractivity contribution is 6.00. The number of aromatic nitrogens is 1. The molecule has 2 heterocycles. The van der Waals surface area contributed by atoms with Crippen LogP contribution in [0.2, 0.25) is 0 Å². The highest BCUT2D eigenvalue weighted by Gasteiger charge is 2.44. The van der Waals surface area contributed by atoms with Gasteiger partial charge >= 0.3 is 23.9 Å². The lowest BCUT2D eigenvalue weighted by atomic mass is 9.84. The zero-order valence-electron chi connectivity index (χ0n) is 23.9. The first-order valence-corrected chi connectivity index (χ1v) is 14.0. The second-order valence-electron chi connectivity index (χ2n) is 11.0. The third-order valence-corrected chi connectivity index (χ3v) is 7.55. The van der Waals surface area contributed by atoms with Gasteiger partial charge in [0.05, 0.1) is 24.0 Å². The maximum atomic E-state index is 12.9. The van der Waals surface area contributed by atoms with E-state index in [4.69, 9.17) is 9.84 Å². The number of pyridine rings is 1. The Morgan fingerprint density at radius 1 is 1.00 bits per heavy atom. The van der Waals surface area contributed by atoms with Crippen LogP contribution in [0.25, 0.3) is 10.9 Å². The van der Waals surface area contributed by atoms with Crippen LogP contribution in [-0.2, 0) is 25.5 Å². The van der Waals surface area contributed by atoms with Gasteiger partial charge in [0.15, 0.2) is 5.60 Å². The predicted octanol–water partition coefficient (Wildman–Crippen LogP) is 2.97. The number of benzene rings is 2. The van der Waals surface area contributed by atoms with E-state index in [9.17, 15) is 29.4 Å². The van der Waals surface area contributed by atoms with Gasteiger partial charge in [0, 0.05) is 56.5 Å². The third kappa shape index (κ3) is 8.49. The zero-order chi connectivity index (χ0) is 31.0. The Morgan fingerprint density at radius 3 is 2.35 bits per heavy atom. The van der Waals surface area contributed by atoms with Crippen molar-refractivity contribution in [2.75, 3.05) is 31.5 Å². The molecule has 3 aromatic rings. The molecule has 1 aromatic heterocycles. The number of carboxylic acid groups (broad SMARTS) is 2. The lowest BCUT2D eigenvalue weighted by molar-refractivity contribution is -0.180. The molecule has 12 nitrogen and oxygen atoms in total. The molecule has 1 unspecified atom stereocenters. The number of aliphatic hydroxyl groups is 1. The van der Waals surface area contributed by atoms with Gasteiger partial charge in [-0.3, -0.25) is 14.6 Å². The van der Waals surface area contributed by atoms with E-state index in [1.165, 1.54) is 0 Å². The summed E-state index contributed by atoms with van der Waals surface area (Å²) in [6.07, 6.45) is -0.897. The summed E-state index contributed by atoms with van der Waals surface area (Å²) >= 11 is 0. The summed E-state index contributed by atoms with van der Waals surface area (Å²) in [5.41, 5.74) is -0.575. The Hall–Kier alpha value is -4.55. The number of likely N-dealkylation sites (tertiary alicyclic amines) is 1. The number of esters is 1. The van der Waals surface area contributed by atoms with E-state index in [-0.39, 0.29) is 6.03 Å². The molecule has 5 N–H and O–H groups in total. The fourth-order valence-corrected chi connectivity index (χ4v) is 5.35. The number of nitrogens with one attached hydrogen (secondary N) is 2. The van der Waals surface area contributed by atoms with Crippen molar-refractivity contribution >= 4 is 40.5 Å². The predicted molar refractivity (Wildman–Crippen MR) is 158 cm³/mol. The van der Waals surface area contributed by atoms with Crippen molar-refractivity contribution in [3.05, 3.63) is 71.9 Å². The number of urea groups is 1. The number of carbonyl (C=O) groups excluding carboxylic acids is 2. The number of ether oxygens (including phenoxy) is 1. The van der Waals surface area contributed by atoms with Gasteiger partial charge in [-0.1, -0.05) is 48.5 Å². The molecule has 1 atom stereocenters. The van der Waals surface area contributed by atoms with Gasteiger partial charge in [0.2, 0.25) is 0 Å². The second-order valence-corrected chi connectivity index (χ2v) is 11.0. The number of carbonyl (C=O) groups is 4. The van der Waals surface area contributed by atoms with Gasteiger partial charge in [-0.15, -0.1) is 0 Å². The lowest BCUT2D eigenvalue weighted by Crippen LogP contribution is -2.51. The van der Waals surface area contributed by atoms with Gasteiger partial charge in [-0.05, 0) is 24.6 Å². The molecule has 4 rings (SSSR count). The van der Waals surface area contributed by atoms with Crippen LogP contribution in [-0.4, -0.2) is 86.5 Å². The minimum Gasteiger partial charge on any atom is -0.481 e. The monoisotopic (exact) mass is 592 g/mol. The van der Waals surface area contributed by atoms with Crippen LogP contribution in [0.4, 0.5) is 10.5 Å². The van der Waals surface area contributed by atoms with E-state index in [0.717, 1.165) is 22.2 Å². The van der Waals surface area contributed by atoms with Crippen LogP contribution in [0.1, 0.15) is 36.9 Å². The number of fused-ring (bicyclic) bond motifs is 1. The summed E-state index contributed by atoms with van der Waals surface area (Å²) in [5, 5.41) is 35.4. The van der Waals surface area contributed by atoms with E-state index in [1.54, 1.807) is 0 Å². The number of para-hydroxylation sites is 1. The molecule has 0 bridgehead atoms. The number of aliphatic carboxylic acids is 2. The smallest absolute Gasteiger partial charge is 0.336 e. The van der Waals surface area contributed by atoms with E-state index in [0.29, 0.717) is 51.1 Å². The number of rotatable bonds is 12. The normalized spacial score (nSPS) is 16.1. The van der Waals surface area contributed by atoms with Gasteiger partial charge < -0.3 is 35.6 Å². The van der Waals surface area contributed by atoms with Gasteiger partial charge in [-0.25, -0.2) is 9.59 Å². The molecule has 2 aromatic carbocycles. The summed E-state index contributed by atoms with van der Waals surface area (Å²) in [7, 11) is 0. The summed E-state index contributed by atoms with van der Waals surface area (Å²) in [6.45, 7) is 3.87. The van der Waals surface area contributed by atoms with Crippen molar-refractivity contribution in [2.45, 2.75) is 50.2 Å². The molecule has 0 radical (unpaired) electrons. The number of carboxylic acids is 2. The highest BCUT2D eigenvalue weighted by atomic mass is 16.6. The number of hydrogen-bond donors (Lipinski definition) is 5. The Balaban J connectivity index is 1.34. The largest absolute Gasteiger partial charge is 0.481 e. The van der Waals surface area contributed by atoms with Crippen LogP contribution in [0.15, 0.2) is 60.7 Å². The van der Waals surface area contributed by atoms with Crippen molar-refractivity contribution in [3.8, 4) is 0 Å².